The summed E-state index contributed by atoms with van der Waals surface area (Å²) in [6.45, 7) is 0.446. The molecule has 2 aliphatic heterocycles. The molecule has 1 atom stereocenters. The van der Waals surface area contributed by atoms with Crippen molar-refractivity contribution in [3.63, 3.8) is 0 Å². The minimum absolute atomic E-state index is 0.00153. The standard InChI is InChI=1S/C23H22N2O6/c1-30-20-9-8-14(12-25-21(27)15-5-2-3-6-16(15)22(25)28)11-17(20)23(29)31-13-19(26)18-7-4-10-24-18/h2-3,5-6,8-9,11,18,24H,4,7,10,12-13H2,1H3. The van der Waals surface area contributed by atoms with Crippen molar-refractivity contribution in [2.24, 2.45) is 0 Å². The van der Waals surface area contributed by atoms with Crippen molar-refractivity contribution in [3.05, 3.63) is 64.7 Å². The van der Waals surface area contributed by atoms with Crippen LogP contribution < -0.4 is 10.1 Å². The predicted octanol–water partition coefficient (Wildman–Crippen LogP) is 1.97. The maximum Gasteiger partial charge on any atom is 0.342 e. The second-order valence-electron chi connectivity index (χ2n) is 7.47. The summed E-state index contributed by atoms with van der Waals surface area (Å²) in [7, 11) is 1.42. The van der Waals surface area contributed by atoms with E-state index in [2.05, 4.69) is 5.32 Å². The van der Waals surface area contributed by atoms with Crippen LogP contribution in [0.1, 0.15) is 49.5 Å². The number of rotatable bonds is 7. The van der Waals surface area contributed by atoms with Gasteiger partial charge in [-0.15, -0.1) is 0 Å². The Bertz CT molecular complexity index is 1020. The highest BCUT2D eigenvalue weighted by molar-refractivity contribution is 6.21. The van der Waals surface area contributed by atoms with Crippen LogP contribution in [0, 0.1) is 0 Å². The molecule has 0 saturated carbocycles. The van der Waals surface area contributed by atoms with Crippen LogP contribution in [0.5, 0.6) is 5.75 Å². The average molecular weight is 422 g/mol. The SMILES string of the molecule is COc1ccc(CN2C(=O)c3ccccc3C2=O)cc1C(=O)OCC(=O)C1CCCN1. The van der Waals surface area contributed by atoms with Crippen LogP contribution in [-0.4, -0.2) is 54.8 Å². The van der Waals surface area contributed by atoms with Crippen LogP contribution in [0.15, 0.2) is 42.5 Å². The molecule has 0 bridgehead atoms. The number of ether oxygens (including phenoxy) is 2. The van der Waals surface area contributed by atoms with Gasteiger partial charge in [-0.2, -0.15) is 0 Å². The highest BCUT2D eigenvalue weighted by Gasteiger charge is 2.35. The Hall–Kier alpha value is -3.52. The summed E-state index contributed by atoms with van der Waals surface area (Å²) in [5, 5.41) is 3.07. The lowest BCUT2D eigenvalue weighted by molar-refractivity contribution is -0.123. The monoisotopic (exact) mass is 422 g/mol. The molecule has 1 saturated heterocycles. The largest absolute Gasteiger partial charge is 0.496 e. The van der Waals surface area contributed by atoms with Gasteiger partial charge in [0.05, 0.1) is 30.8 Å². The van der Waals surface area contributed by atoms with Crippen LogP contribution in [0.2, 0.25) is 0 Å². The fourth-order valence-corrected chi connectivity index (χ4v) is 3.85. The second-order valence-corrected chi connectivity index (χ2v) is 7.47. The van der Waals surface area contributed by atoms with Crippen LogP contribution in [0.4, 0.5) is 0 Å². The van der Waals surface area contributed by atoms with Gasteiger partial charge in [0.15, 0.2) is 12.4 Å². The van der Waals surface area contributed by atoms with Gasteiger partial charge in [-0.25, -0.2) is 4.79 Å². The van der Waals surface area contributed by atoms with E-state index in [0.717, 1.165) is 24.3 Å². The normalized spacial score (nSPS) is 17.6. The highest BCUT2D eigenvalue weighted by Crippen LogP contribution is 2.26. The van der Waals surface area contributed by atoms with E-state index in [4.69, 9.17) is 9.47 Å². The first-order chi connectivity index (χ1) is 15.0. The molecule has 2 aliphatic rings. The van der Waals surface area contributed by atoms with E-state index in [-0.39, 0.29) is 48.1 Å². The molecule has 0 spiro atoms. The summed E-state index contributed by atoms with van der Waals surface area (Å²) in [4.78, 5) is 51.1. The molecule has 1 unspecified atom stereocenters. The highest BCUT2D eigenvalue weighted by atomic mass is 16.5. The molecule has 1 fully saturated rings. The first-order valence-electron chi connectivity index (χ1n) is 10.0. The number of Topliss-reactive ketones (excluding diaryl/α,β-unsaturated/α-hetero) is 1. The molecule has 31 heavy (non-hydrogen) atoms. The number of hydrogen-bond donors (Lipinski definition) is 1. The average Bonchev–Trinajstić information content (AvgIpc) is 3.41. The molecule has 0 aliphatic carbocycles. The van der Waals surface area contributed by atoms with Gasteiger partial charge >= 0.3 is 5.97 Å². The fourth-order valence-electron chi connectivity index (χ4n) is 3.85. The first kappa shape index (κ1) is 20.7. The second kappa shape index (κ2) is 8.69. The molecular weight excluding hydrogens is 400 g/mol. The molecular formula is C23H22N2O6. The molecule has 160 valence electrons. The van der Waals surface area contributed by atoms with E-state index in [1.54, 1.807) is 36.4 Å². The van der Waals surface area contributed by atoms with Crippen LogP contribution in [0.25, 0.3) is 0 Å². The van der Waals surface area contributed by atoms with Crippen LogP contribution in [-0.2, 0) is 16.1 Å². The van der Waals surface area contributed by atoms with Gasteiger partial charge in [-0.3, -0.25) is 19.3 Å². The minimum Gasteiger partial charge on any atom is -0.496 e. The fraction of sp³-hybridized carbons (Fsp3) is 0.304. The maximum atomic E-state index is 12.6. The maximum absolute atomic E-state index is 12.6. The van der Waals surface area contributed by atoms with Crippen molar-refractivity contribution in [2.45, 2.75) is 25.4 Å². The van der Waals surface area contributed by atoms with E-state index in [1.165, 1.54) is 13.2 Å². The van der Waals surface area contributed by atoms with Crippen molar-refractivity contribution < 1.29 is 28.7 Å². The van der Waals surface area contributed by atoms with Crippen LogP contribution >= 0.6 is 0 Å². The van der Waals surface area contributed by atoms with E-state index in [9.17, 15) is 19.2 Å². The number of imide groups is 1. The molecule has 2 aromatic carbocycles. The lowest BCUT2D eigenvalue weighted by atomic mass is 10.1. The van der Waals surface area contributed by atoms with Gasteiger partial charge < -0.3 is 14.8 Å². The minimum atomic E-state index is -0.701. The summed E-state index contributed by atoms with van der Waals surface area (Å²) < 4.78 is 10.5. The van der Waals surface area contributed by atoms with Gasteiger partial charge in [0.2, 0.25) is 0 Å². The third-order valence-corrected chi connectivity index (χ3v) is 5.50. The topological polar surface area (TPSA) is 102 Å². The van der Waals surface area contributed by atoms with Crippen molar-refractivity contribution in [3.8, 4) is 5.75 Å². The number of nitrogens with zero attached hydrogens (tertiary/aromatic N) is 1. The van der Waals surface area contributed by atoms with E-state index in [1.807, 2.05) is 0 Å². The Kier molecular flexibility index (Phi) is 5.81. The molecule has 1 N–H and O–H groups in total. The molecule has 4 rings (SSSR count). The van der Waals surface area contributed by atoms with E-state index in [0.29, 0.717) is 16.7 Å². The molecule has 2 aromatic rings. The Morgan fingerprint density at radius 3 is 2.42 bits per heavy atom. The Labute approximate surface area is 179 Å². The summed E-state index contributed by atoms with van der Waals surface area (Å²) in [5.41, 5.74) is 1.41. The van der Waals surface area contributed by atoms with Gasteiger partial charge in [0, 0.05) is 0 Å². The van der Waals surface area contributed by atoms with Gasteiger partial charge in [-0.1, -0.05) is 18.2 Å². The number of ketones is 1. The quantitative estimate of drug-likeness (QED) is 0.538. The number of methoxy groups -OCH3 is 1. The van der Waals surface area contributed by atoms with Gasteiger partial charge in [0.25, 0.3) is 11.8 Å². The van der Waals surface area contributed by atoms with Crippen LogP contribution in [0.3, 0.4) is 0 Å². The smallest absolute Gasteiger partial charge is 0.342 e. The van der Waals surface area contributed by atoms with Crippen molar-refractivity contribution >= 4 is 23.6 Å². The molecule has 8 nitrogen and oxygen atoms in total. The number of carbonyl (C=O) groups excluding carboxylic acids is 4. The zero-order valence-electron chi connectivity index (χ0n) is 17.1. The molecule has 2 heterocycles. The number of fused-ring (bicyclic) bond motifs is 1. The molecule has 8 heteroatoms. The number of hydrogen-bond acceptors (Lipinski definition) is 7. The zero-order valence-corrected chi connectivity index (χ0v) is 17.1. The summed E-state index contributed by atoms with van der Waals surface area (Å²) in [6, 6.07) is 11.1. The third kappa shape index (κ3) is 4.06. The molecule has 2 amide bonds. The number of nitrogens with one attached hydrogen (secondary N) is 1. The van der Waals surface area contributed by atoms with Gasteiger partial charge in [0.1, 0.15) is 11.3 Å². The number of carbonyl (C=O) groups is 4. The van der Waals surface area contributed by atoms with Gasteiger partial charge in [-0.05, 0) is 49.2 Å². The zero-order chi connectivity index (χ0) is 22.0. The lowest BCUT2D eigenvalue weighted by Crippen LogP contribution is -2.34. The molecule has 0 radical (unpaired) electrons. The summed E-state index contributed by atoms with van der Waals surface area (Å²) >= 11 is 0. The lowest BCUT2D eigenvalue weighted by Gasteiger charge is -2.16. The summed E-state index contributed by atoms with van der Waals surface area (Å²) in [5.74, 6) is -1.35. The number of esters is 1. The number of amides is 2. The van der Waals surface area contributed by atoms with Crippen molar-refractivity contribution in [2.75, 3.05) is 20.3 Å². The number of benzene rings is 2. The van der Waals surface area contributed by atoms with Crippen molar-refractivity contribution in [1.82, 2.24) is 10.2 Å². The Morgan fingerprint density at radius 2 is 1.81 bits per heavy atom. The Morgan fingerprint density at radius 1 is 1.10 bits per heavy atom. The molecule has 0 aromatic heterocycles. The first-order valence-corrected chi connectivity index (χ1v) is 10.0. The van der Waals surface area contributed by atoms with E-state index < -0.39 is 5.97 Å². The predicted molar refractivity (Wildman–Crippen MR) is 110 cm³/mol. The summed E-state index contributed by atoms with van der Waals surface area (Å²) in [6.07, 6.45) is 1.65. The Balaban J connectivity index is 1.48. The van der Waals surface area contributed by atoms with Crippen molar-refractivity contribution in [1.29, 1.82) is 0 Å². The third-order valence-electron chi connectivity index (χ3n) is 5.50. The van der Waals surface area contributed by atoms with E-state index >= 15 is 0 Å².